The van der Waals surface area contributed by atoms with E-state index in [1.54, 1.807) is 13.3 Å². The molecule has 1 amide bonds. The second-order valence-electron chi connectivity index (χ2n) is 5.40. The maximum absolute atomic E-state index is 12.1. The molecule has 2 heterocycles. The molecular weight excluding hydrogens is 270 g/mol. The number of rotatable bonds is 5. The first kappa shape index (κ1) is 13.8. The molecule has 0 aromatic carbocycles. The first-order valence-electron chi connectivity index (χ1n) is 7.30. The molecule has 21 heavy (non-hydrogen) atoms. The van der Waals surface area contributed by atoms with Crippen LogP contribution < -0.4 is 5.32 Å². The first-order chi connectivity index (χ1) is 10.2. The predicted octanol–water partition coefficient (Wildman–Crippen LogP) is 0.955. The van der Waals surface area contributed by atoms with Crippen LogP contribution in [0.4, 0.5) is 0 Å². The van der Waals surface area contributed by atoms with Crippen LogP contribution in [-0.4, -0.2) is 32.6 Å². The van der Waals surface area contributed by atoms with E-state index in [0.717, 1.165) is 37.1 Å². The van der Waals surface area contributed by atoms with E-state index in [2.05, 4.69) is 25.4 Å². The summed E-state index contributed by atoms with van der Waals surface area (Å²) in [6.07, 6.45) is 5.69. The van der Waals surface area contributed by atoms with Crippen LogP contribution in [0.1, 0.15) is 35.9 Å². The van der Waals surface area contributed by atoms with Gasteiger partial charge in [-0.15, -0.1) is 0 Å². The molecule has 2 N–H and O–H groups in total. The highest BCUT2D eigenvalue weighted by Crippen LogP contribution is 2.22. The summed E-state index contributed by atoms with van der Waals surface area (Å²) in [4.78, 5) is 23.6. The average Bonchev–Trinajstić information content (AvgIpc) is 3.11. The minimum Gasteiger partial charge on any atom is -0.356 e. The molecule has 2 aromatic heterocycles. The zero-order chi connectivity index (χ0) is 14.7. The van der Waals surface area contributed by atoms with E-state index in [9.17, 15) is 4.79 Å². The number of H-pyrrole nitrogens is 1. The molecule has 7 nitrogen and oxygen atoms in total. The number of imidazole rings is 1. The van der Waals surface area contributed by atoms with E-state index in [1.165, 1.54) is 0 Å². The van der Waals surface area contributed by atoms with Crippen molar-refractivity contribution in [1.29, 1.82) is 0 Å². The van der Waals surface area contributed by atoms with Crippen molar-refractivity contribution in [3.05, 3.63) is 29.4 Å². The third kappa shape index (κ3) is 3.29. The lowest BCUT2D eigenvalue weighted by atomic mass is 9.89. The van der Waals surface area contributed by atoms with Crippen molar-refractivity contribution >= 4 is 5.91 Å². The summed E-state index contributed by atoms with van der Waals surface area (Å²) < 4.78 is 5.03. The zero-order valence-corrected chi connectivity index (χ0v) is 12.1. The van der Waals surface area contributed by atoms with Crippen LogP contribution in [-0.2, 0) is 24.1 Å². The Morgan fingerprint density at radius 1 is 1.57 bits per heavy atom. The molecule has 0 saturated heterocycles. The van der Waals surface area contributed by atoms with E-state index < -0.39 is 0 Å². The van der Waals surface area contributed by atoms with Crippen LogP contribution in [0.2, 0.25) is 0 Å². The van der Waals surface area contributed by atoms with Crippen molar-refractivity contribution in [1.82, 2.24) is 25.4 Å². The van der Waals surface area contributed by atoms with E-state index in [-0.39, 0.29) is 11.8 Å². The molecule has 0 aliphatic heterocycles. The molecule has 0 radical (unpaired) electrons. The van der Waals surface area contributed by atoms with Gasteiger partial charge in [0.05, 0.1) is 12.0 Å². The smallest absolute Gasteiger partial charge is 0.226 e. The monoisotopic (exact) mass is 289 g/mol. The molecule has 0 spiro atoms. The van der Waals surface area contributed by atoms with Gasteiger partial charge in [-0.05, 0) is 26.2 Å². The molecule has 112 valence electrons. The van der Waals surface area contributed by atoms with Gasteiger partial charge < -0.3 is 14.8 Å². The molecule has 2 aromatic rings. The van der Waals surface area contributed by atoms with Crippen molar-refractivity contribution in [2.75, 3.05) is 6.54 Å². The van der Waals surface area contributed by atoms with Gasteiger partial charge in [-0.1, -0.05) is 5.16 Å². The maximum Gasteiger partial charge on any atom is 0.226 e. The van der Waals surface area contributed by atoms with Gasteiger partial charge in [0.15, 0.2) is 5.82 Å². The number of amides is 1. The van der Waals surface area contributed by atoms with Gasteiger partial charge in [-0.25, -0.2) is 4.98 Å². The van der Waals surface area contributed by atoms with Gasteiger partial charge in [0.2, 0.25) is 11.8 Å². The van der Waals surface area contributed by atoms with E-state index in [4.69, 9.17) is 4.52 Å². The summed E-state index contributed by atoms with van der Waals surface area (Å²) >= 11 is 0. The number of hydrogen-bond donors (Lipinski definition) is 2. The van der Waals surface area contributed by atoms with Gasteiger partial charge in [0.25, 0.3) is 0 Å². The van der Waals surface area contributed by atoms with Gasteiger partial charge in [0.1, 0.15) is 0 Å². The molecule has 1 aliphatic rings. The highest BCUT2D eigenvalue weighted by atomic mass is 16.5. The van der Waals surface area contributed by atoms with Crippen molar-refractivity contribution in [2.45, 2.75) is 39.0 Å². The van der Waals surface area contributed by atoms with Crippen LogP contribution in [0.15, 0.2) is 10.9 Å². The zero-order valence-electron chi connectivity index (χ0n) is 12.1. The topological polar surface area (TPSA) is 96.7 Å². The number of aryl methyl sites for hydroxylation is 3. The Morgan fingerprint density at radius 3 is 3.29 bits per heavy atom. The van der Waals surface area contributed by atoms with E-state index in [0.29, 0.717) is 24.7 Å². The summed E-state index contributed by atoms with van der Waals surface area (Å²) in [5.74, 6) is 1.44. The third-order valence-corrected chi connectivity index (χ3v) is 3.79. The Morgan fingerprint density at radius 2 is 2.48 bits per heavy atom. The summed E-state index contributed by atoms with van der Waals surface area (Å²) in [5.41, 5.74) is 2.20. The molecule has 7 heteroatoms. The molecule has 0 unspecified atom stereocenters. The number of aromatic nitrogens is 4. The Bertz CT molecular complexity index is 618. The number of fused-ring (bicyclic) bond motifs is 1. The van der Waals surface area contributed by atoms with Crippen molar-refractivity contribution in [3.8, 4) is 0 Å². The van der Waals surface area contributed by atoms with Crippen LogP contribution in [0.25, 0.3) is 0 Å². The number of nitrogens with one attached hydrogen (secondary N) is 2. The van der Waals surface area contributed by atoms with Gasteiger partial charge >= 0.3 is 0 Å². The lowest BCUT2D eigenvalue weighted by Gasteiger charge is -2.20. The van der Waals surface area contributed by atoms with E-state index in [1.807, 2.05) is 0 Å². The SMILES string of the molecule is Cc1noc(CCCNC(=O)[C@H]2CCc3nc[nH]c3C2)n1. The summed E-state index contributed by atoms with van der Waals surface area (Å²) in [5, 5.41) is 6.73. The summed E-state index contributed by atoms with van der Waals surface area (Å²) in [7, 11) is 0. The number of hydrogen-bond acceptors (Lipinski definition) is 5. The highest BCUT2D eigenvalue weighted by molar-refractivity contribution is 5.79. The second-order valence-corrected chi connectivity index (χ2v) is 5.40. The van der Waals surface area contributed by atoms with Crippen molar-refractivity contribution in [3.63, 3.8) is 0 Å². The molecular formula is C14H19N5O2. The fourth-order valence-electron chi connectivity index (χ4n) is 2.66. The van der Waals surface area contributed by atoms with Crippen LogP contribution >= 0.6 is 0 Å². The van der Waals surface area contributed by atoms with Crippen molar-refractivity contribution < 1.29 is 9.32 Å². The quantitative estimate of drug-likeness (QED) is 0.799. The molecule has 1 aliphatic carbocycles. The van der Waals surface area contributed by atoms with Crippen molar-refractivity contribution in [2.24, 2.45) is 5.92 Å². The predicted molar refractivity (Wildman–Crippen MR) is 74.5 cm³/mol. The standard InChI is InChI=1S/C14H19N5O2/c1-9-18-13(21-19-9)3-2-6-15-14(20)10-4-5-11-12(7-10)17-8-16-11/h8,10H,2-7H2,1H3,(H,15,20)(H,16,17)/t10-/m0/s1. The fourth-order valence-corrected chi connectivity index (χ4v) is 2.66. The fraction of sp³-hybridized carbons (Fsp3) is 0.571. The average molecular weight is 289 g/mol. The lowest BCUT2D eigenvalue weighted by Crippen LogP contribution is -2.34. The van der Waals surface area contributed by atoms with Crippen LogP contribution in [0.5, 0.6) is 0 Å². The van der Waals surface area contributed by atoms with Gasteiger partial charge in [-0.2, -0.15) is 4.98 Å². The largest absolute Gasteiger partial charge is 0.356 e. The number of aromatic amines is 1. The first-order valence-corrected chi connectivity index (χ1v) is 7.30. The minimum atomic E-state index is 0.0450. The minimum absolute atomic E-state index is 0.0450. The Balaban J connectivity index is 1.41. The van der Waals surface area contributed by atoms with E-state index >= 15 is 0 Å². The summed E-state index contributed by atoms with van der Waals surface area (Å²) in [6, 6.07) is 0. The molecule has 0 saturated carbocycles. The second kappa shape index (κ2) is 6.07. The number of carbonyl (C=O) groups is 1. The normalized spacial score (nSPS) is 17.5. The summed E-state index contributed by atoms with van der Waals surface area (Å²) in [6.45, 7) is 2.42. The highest BCUT2D eigenvalue weighted by Gasteiger charge is 2.25. The number of nitrogens with zero attached hydrogens (tertiary/aromatic N) is 3. The molecule has 1 atom stereocenters. The van der Waals surface area contributed by atoms with Crippen LogP contribution in [0.3, 0.4) is 0 Å². The Labute approximate surface area is 122 Å². The van der Waals surface area contributed by atoms with Gasteiger partial charge in [-0.3, -0.25) is 4.79 Å². The molecule has 0 bridgehead atoms. The number of carbonyl (C=O) groups excluding carboxylic acids is 1. The Kier molecular flexibility index (Phi) is 3.98. The molecule has 3 rings (SSSR count). The van der Waals surface area contributed by atoms with Gasteiger partial charge in [0, 0.05) is 31.0 Å². The third-order valence-electron chi connectivity index (χ3n) is 3.79. The van der Waals surface area contributed by atoms with Crippen LogP contribution in [0, 0.1) is 12.8 Å². The maximum atomic E-state index is 12.1. The Hall–Kier alpha value is -2.18. The lowest BCUT2D eigenvalue weighted by molar-refractivity contribution is -0.125. The molecule has 0 fully saturated rings.